The van der Waals surface area contributed by atoms with E-state index in [2.05, 4.69) is 25.9 Å². The van der Waals surface area contributed by atoms with Gasteiger partial charge in [-0.25, -0.2) is 9.97 Å². The lowest BCUT2D eigenvalue weighted by Crippen LogP contribution is -1.96. The molecule has 0 atom stereocenters. The first-order chi connectivity index (χ1) is 7.18. The van der Waals surface area contributed by atoms with E-state index in [1.165, 1.54) is 0 Å². The third-order valence-corrected chi connectivity index (χ3v) is 2.83. The van der Waals surface area contributed by atoms with Crippen LogP contribution in [0.2, 0.25) is 5.02 Å². The third-order valence-electron chi connectivity index (χ3n) is 1.89. The van der Waals surface area contributed by atoms with Gasteiger partial charge in [-0.2, -0.15) is 0 Å². The Morgan fingerprint density at radius 1 is 1.27 bits per heavy atom. The quantitative estimate of drug-likeness (QED) is 0.875. The molecule has 0 fully saturated rings. The average molecular weight is 285 g/mol. The molecule has 5 heteroatoms. The van der Waals surface area contributed by atoms with E-state index in [0.717, 1.165) is 5.56 Å². The second-order valence-corrected chi connectivity index (χ2v) is 4.17. The van der Waals surface area contributed by atoms with Gasteiger partial charge in [-0.1, -0.05) is 23.7 Å². The van der Waals surface area contributed by atoms with Gasteiger partial charge in [0.2, 0.25) is 0 Å². The first-order valence-corrected chi connectivity index (χ1v) is 5.38. The number of nitrogens with zero attached hydrogens (tertiary/aromatic N) is 2. The highest BCUT2D eigenvalue weighted by molar-refractivity contribution is 9.10. The monoisotopic (exact) mass is 283 g/mol. The Kier molecular flexibility index (Phi) is 2.88. The maximum absolute atomic E-state index is 6.02. The highest BCUT2D eigenvalue weighted by Gasteiger charge is 2.07. The molecule has 0 saturated carbocycles. The fourth-order valence-corrected chi connectivity index (χ4v) is 1.56. The smallest absolute Gasteiger partial charge is 0.163 e. The summed E-state index contributed by atoms with van der Waals surface area (Å²) in [7, 11) is 0. The minimum Gasteiger partial charge on any atom is -0.383 e. The highest BCUT2D eigenvalue weighted by atomic mass is 79.9. The second-order valence-electron chi connectivity index (χ2n) is 2.91. The molecular weight excluding hydrogens is 277 g/mol. The maximum atomic E-state index is 6.02. The molecule has 0 spiro atoms. The van der Waals surface area contributed by atoms with Gasteiger partial charge in [-0.05, 0) is 28.1 Å². The number of halogens is 2. The maximum Gasteiger partial charge on any atom is 0.163 e. The molecule has 0 aliphatic rings. The van der Waals surface area contributed by atoms with Crippen molar-refractivity contribution in [1.82, 2.24) is 9.97 Å². The van der Waals surface area contributed by atoms with E-state index in [0.29, 0.717) is 21.1 Å². The van der Waals surface area contributed by atoms with Crippen LogP contribution in [0.1, 0.15) is 0 Å². The topological polar surface area (TPSA) is 51.8 Å². The summed E-state index contributed by atoms with van der Waals surface area (Å²) in [5.41, 5.74) is 6.44. The van der Waals surface area contributed by atoms with Crippen LogP contribution >= 0.6 is 27.5 Å². The zero-order chi connectivity index (χ0) is 10.8. The van der Waals surface area contributed by atoms with E-state index in [-0.39, 0.29) is 0 Å². The van der Waals surface area contributed by atoms with Crippen LogP contribution in [0.15, 0.2) is 34.9 Å². The molecule has 0 amide bonds. The van der Waals surface area contributed by atoms with Crippen LogP contribution in [0.5, 0.6) is 0 Å². The van der Waals surface area contributed by atoms with Crippen molar-refractivity contribution in [3.05, 3.63) is 40.0 Å². The molecule has 76 valence electrons. The van der Waals surface area contributed by atoms with E-state index in [1.807, 2.05) is 18.2 Å². The van der Waals surface area contributed by atoms with Crippen LogP contribution in [0, 0.1) is 0 Å². The van der Waals surface area contributed by atoms with Gasteiger partial charge in [0.15, 0.2) is 5.82 Å². The second kappa shape index (κ2) is 4.16. The summed E-state index contributed by atoms with van der Waals surface area (Å²) in [6.45, 7) is 0. The number of rotatable bonds is 1. The number of nitrogen functional groups attached to an aromatic ring is 1. The summed E-state index contributed by atoms with van der Waals surface area (Å²) in [5.74, 6) is 0.932. The van der Waals surface area contributed by atoms with E-state index in [9.17, 15) is 0 Å². The normalized spacial score (nSPS) is 10.3. The number of anilines is 1. The average Bonchev–Trinajstić information content (AvgIpc) is 2.23. The van der Waals surface area contributed by atoms with Crippen molar-refractivity contribution < 1.29 is 0 Å². The summed E-state index contributed by atoms with van der Waals surface area (Å²) in [6, 6.07) is 7.38. The van der Waals surface area contributed by atoms with Crippen LogP contribution in [0.4, 0.5) is 5.82 Å². The Hall–Kier alpha value is -1.13. The Labute approximate surface area is 100 Å². The van der Waals surface area contributed by atoms with Gasteiger partial charge in [0, 0.05) is 11.8 Å². The van der Waals surface area contributed by atoms with Crippen molar-refractivity contribution in [2.24, 2.45) is 0 Å². The molecule has 0 aliphatic carbocycles. The molecule has 1 aromatic heterocycles. The fourth-order valence-electron chi connectivity index (χ4n) is 1.15. The largest absolute Gasteiger partial charge is 0.383 e. The van der Waals surface area contributed by atoms with Gasteiger partial charge >= 0.3 is 0 Å². The van der Waals surface area contributed by atoms with E-state index in [1.54, 1.807) is 12.3 Å². The number of benzene rings is 1. The highest BCUT2D eigenvalue weighted by Crippen LogP contribution is 2.26. The molecule has 1 aromatic carbocycles. The van der Waals surface area contributed by atoms with Crippen molar-refractivity contribution >= 4 is 33.3 Å². The first kappa shape index (κ1) is 10.4. The van der Waals surface area contributed by atoms with Crippen molar-refractivity contribution in [3.63, 3.8) is 0 Å². The molecular formula is C10H7BrClN3. The molecule has 0 saturated heterocycles. The number of hydrogen-bond acceptors (Lipinski definition) is 3. The van der Waals surface area contributed by atoms with Crippen LogP contribution in [0.25, 0.3) is 11.4 Å². The molecule has 0 radical (unpaired) electrons. The molecule has 3 nitrogen and oxygen atoms in total. The van der Waals surface area contributed by atoms with Gasteiger partial charge in [-0.15, -0.1) is 0 Å². The molecule has 0 unspecified atom stereocenters. The standard InChI is InChI=1S/C10H7BrClN3/c11-7-5-14-10(15-9(7)13)6-3-1-2-4-8(6)12/h1-5H,(H2,13,14,15). The minimum atomic E-state index is 0.403. The lowest BCUT2D eigenvalue weighted by molar-refractivity contribution is 1.17. The van der Waals surface area contributed by atoms with Crippen molar-refractivity contribution in [1.29, 1.82) is 0 Å². The third kappa shape index (κ3) is 2.11. The minimum absolute atomic E-state index is 0.403. The van der Waals surface area contributed by atoms with Crippen LogP contribution in [-0.4, -0.2) is 9.97 Å². The molecule has 0 bridgehead atoms. The number of nitrogens with two attached hydrogens (primary N) is 1. The predicted molar refractivity (Wildman–Crippen MR) is 64.6 cm³/mol. The van der Waals surface area contributed by atoms with Gasteiger partial charge in [-0.3, -0.25) is 0 Å². The summed E-state index contributed by atoms with van der Waals surface area (Å²) >= 11 is 9.26. The van der Waals surface area contributed by atoms with E-state index in [4.69, 9.17) is 17.3 Å². The predicted octanol–water partition coefficient (Wildman–Crippen LogP) is 3.14. The molecule has 1 heterocycles. The van der Waals surface area contributed by atoms with Crippen LogP contribution < -0.4 is 5.73 Å². The van der Waals surface area contributed by atoms with Crippen molar-refractivity contribution in [2.75, 3.05) is 5.73 Å². The number of aromatic nitrogens is 2. The molecule has 0 aliphatic heterocycles. The lowest BCUT2D eigenvalue weighted by Gasteiger charge is -2.03. The van der Waals surface area contributed by atoms with Crippen molar-refractivity contribution in [2.45, 2.75) is 0 Å². The van der Waals surface area contributed by atoms with E-state index >= 15 is 0 Å². The van der Waals surface area contributed by atoms with Crippen LogP contribution in [0.3, 0.4) is 0 Å². The van der Waals surface area contributed by atoms with Gasteiger partial charge in [0.1, 0.15) is 5.82 Å². The Morgan fingerprint density at radius 3 is 2.67 bits per heavy atom. The summed E-state index contributed by atoms with van der Waals surface area (Å²) < 4.78 is 0.679. The summed E-state index contributed by atoms with van der Waals surface area (Å²) in [6.07, 6.45) is 1.61. The molecule has 2 N–H and O–H groups in total. The molecule has 2 aromatic rings. The van der Waals surface area contributed by atoms with Gasteiger partial charge < -0.3 is 5.73 Å². The summed E-state index contributed by atoms with van der Waals surface area (Å²) in [4.78, 5) is 8.29. The zero-order valence-electron chi connectivity index (χ0n) is 7.61. The van der Waals surface area contributed by atoms with Crippen molar-refractivity contribution in [3.8, 4) is 11.4 Å². The Morgan fingerprint density at radius 2 is 2.00 bits per heavy atom. The lowest BCUT2D eigenvalue weighted by atomic mass is 10.2. The van der Waals surface area contributed by atoms with Crippen LogP contribution in [-0.2, 0) is 0 Å². The van der Waals surface area contributed by atoms with Gasteiger partial charge in [0.25, 0.3) is 0 Å². The van der Waals surface area contributed by atoms with E-state index < -0.39 is 0 Å². The summed E-state index contributed by atoms with van der Waals surface area (Å²) in [5, 5.41) is 0.610. The first-order valence-electron chi connectivity index (χ1n) is 4.21. The molecule has 2 rings (SSSR count). The Bertz CT molecular complexity index is 502. The number of hydrogen-bond donors (Lipinski definition) is 1. The Balaban J connectivity index is 2.55. The SMILES string of the molecule is Nc1nc(-c2ccccc2Cl)ncc1Br. The molecule has 15 heavy (non-hydrogen) atoms. The van der Waals surface area contributed by atoms with Gasteiger partial charge in [0.05, 0.1) is 9.50 Å². The fraction of sp³-hybridized carbons (Fsp3) is 0. The zero-order valence-corrected chi connectivity index (χ0v) is 9.96.